The molecule has 1 unspecified atom stereocenters. The minimum atomic E-state index is -1.09. The zero-order chi connectivity index (χ0) is 27.9. The van der Waals surface area contributed by atoms with E-state index in [9.17, 15) is 14.4 Å². The monoisotopic (exact) mass is 530 g/mol. The van der Waals surface area contributed by atoms with Crippen LogP contribution >= 0.6 is 0 Å². The summed E-state index contributed by atoms with van der Waals surface area (Å²) in [6.07, 6.45) is -4.19. The second-order valence-electron chi connectivity index (χ2n) is 11.9. The second-order valence-corrected chi connectivity index (χ2v) is 11.9. The van der Waals surface area contributed by atoms with Gasteiger partial charge in [-0.3, -0.25) is 4.79 Å². The third-order valence-electron chi connectivity index (χ3n) is 5.80. The quantitative estimate of drug-likeness (QED) is 0.470. The number of carbonyl (C=O) groups excluding carboxylic acids is 3. The largest absolute Gasteiger partial charge is 0.461 e. The number of hydrogen-bond acceptors (Lipinski definition) is 10. The lowest BCUT2D eigenvalue weighted by atomic mass is 9.94. The van der Waals surface area contributed by atoms with Crippen molar-refractivity contribution in [3.63, 3.8) is 0 Å². The van der Waals surface area contributed by atoms with Gasteiger partial charge in [0.1, 0.15) is 36.0 Å². The number of alkyl carbamates (subject to hydrolysis) is 1. The van der Waals surface area contributed by atoms with Crippen LogP contribution in [-0.2, 0) is 42.7 Å². The van der Waals surface area contributed by atoms with Crippen LogP contribution in [0.2, 0.25) is 0 Å². The fourth-order valence-corrected chi connectivity index (χ4v) is 4.49. The average Bonchev–Trinajstić information content (AvgIpc) is 3.19. The predicted octanol–water partition coefficient (Wildman–Crippen LogP) is 2.12. The molecule has 0 saturated carbocycles. The van der Waals surface area contributed by atoms with E-state index in [1.165, 1.54) is 6.92 Å². The van der Waals surface area contributed by atoms with Crippen molar-refractivity contribution in [3.8, 4) is 0 Å². The summed E-state index contributed by atoms with van der Waals surface area (Å²) in [4.78, 5) is 38.1. The molecular weight excluding hydrogens is 488 g/mol. The van der Waals surface area contributed by atoms with Crippen molar-refractivity contribution in [3.05, 3.63) is 0 Å². The number of hydrogen-bond donors (Lipinski definition) is 2. The maximum Gasteiger partial charge on any atom is 0.408 e. The van der Waals surface area contributed by atoms with Gasteiger partial charge >= 0.3 is 12.1 Å². The highest BCUT2D eigenvalue weighted by atomic mass is 16.9. The van der Waals surface area contributed by atoms with Crippen molar-refractivity contribution in [1.82, 2.24) is 10.6 Å². The van der Waals surface area contributed by atoms with Gasteiger partial charge in [-0.2, -0.15) is 0 Å². The topological polar surface area (TPSA) is 140 Å². The number of amides is 2. The molecule has 2 amide bonds. The summed E-state index contributed by atoms with van der Waals surface area (Å²) in [6.45, 7) is 17.2. The first kappa shape index (κ1) is 29.6. The van der Waals surface area contributed by atoms with Crippen LogP contribution in [0, 0.1) is 0 Å². The molecule has 0 aromatic carbocycles. The third-order valence-corrected chi connectivity index (χ3v) is 5.80. The van der Waals surface area contributed by atoms with E-state index < -0.39 is 84.0 Å². The van der Waals surface area contributed by atoms with Crippen LogP contribution in [-0.4, -0.2) is 84.0 Å². The van der Waals surface area contributed by atoms with E-state index in [1.54, 1.807) is 62.3 Å². The third kappa shape index (κ3) is 7.76. The van der Waals surface area contributed by atoms with Crippen molar-refractivity contribution in [2.75, 3.05) is 0 Å². The van der Waals surface area contributed by atoms with Gasteiger partial charge in [0.2, 0.25) is 5.91 Å². The van der Waals surface area contributed by atoms with Crippen molar-refractivity contribution < 1.29 is 47.5 Å². The molecule has 0 spiro atoms. The number of carbonyl (C=O) groups is 3. The molecule has 0 radical (unpaired) electrons. The summed E-state index contributed by atoms with van der Waals surface area (Å²) in [5.41, 5.74) is -0.728. The maximum absolute atomic E-state index is 13.0. The molecule has 3 heterocycles. The number of ether oxygens (including phenoxy) is 7. The average molecular weight is 531 g/mol. The van der Waals surface area contributed by atoms with Crippen LogP contribution in [0.3, 0.4) is 0 Å². The second kappa shape index (κ2) is 10.6. The van der Waals surface area contributed by atoms with E-state index in [0.717, 1.165) is 0 Å². The van der Waals surface area contributed by atoms with Crippen molar-refractivity contribution in [2.45, 2.75) is 142 Å². The molecule has 0 bridgehead atoms. The number of nitrogens with one attached hydrogen (secondary N) is 2. The van der Waals surface area contributed by atoms with Crippen LogP contribution in [0.1, 0.15) is 75.7 Å². The number of rotatable bonds is 7. The van der Waals surface area contributed by atoms with Crippen LogP contribution in [0.5, 0.6) is 0 Å². The van der Waals surface area contributed by atoms with E-state index in [1.807, 2.05) is 0 Å². The molecule has 3 saturated heterocycles. The van der Waals surface area contributed by atoms with Gasteiger partial charge in [-0.25, -0.2) is 9.59 Å². The molecular formula is C25H42N2O10. The van der Waals surface area contributed by atoms with Gasteiger partial charge in [-0.15, -0.1) is 0 Å². The minimum absolute atomic E-state index is 0.0179. The van der Waals surface area contributed by atoms with Crippen LogP contribution in [0.4, 0.5) is 4.79 Å². The van der Waals surface area contributed by atoms with E-state index in [4.69, 9.17) is 33.2 Å². The first-order valence-corrected chi connectivity index (χ1v) is 12.7. The maximum atomic E-state index is 13.0. The summed E-state index contributed by atoms with van der Waals surface area (Å²) in [5, 5.41) is 5.16. The number of esters is 1. The van der Waals surface area contributed by atoms with E-state index >= 15 is 0 Å². The van der Waals surface area contributed by atoms with Crippen molar-refractivity contribution in [2.24, 2.45) is 0 Å². The number of fused-ring (bicyclic) bond motifs is 3. The summed E-state index contributed by atoms with van der Waals surface area (Å²) in [7, 11) is 0. The zero-order valence-corrected chi connectivity index (χ0v) is 23.4. The molecule has 7 atom stereocenters. The Kier molecular flexibility index (Phi) is 8.50. The Labute approximate surface area is 218 Å². The molecule has 3 fully saturated rings. The van der Waals surface area contributed by atoms with E-state index in [0.29, 0.717) is 0 Å². The molecule has 2 N–H and O–H groups in total. The molecule has 212 valence electrons. The Balaban J connectivity index is 1.75. The molecule has 3 rings (SSSR count). The van der Waals surface area contributed by atoms with Gasteiger partial charge in [0, 0.05) is 6.42 Å². The summed E-state index contributed by atoms with van der Waals surface area (Å²) < 4.78 is 41.0. The highest BCUT2D eigenvalue weighted by Crippen LogP contribution is 2.45. The Morgan fingerprint density at radius 1 is 0.865 bits per heavy atom. The molecule has 12 heteroatoms. The molecule has 0 aliphatic carbocycles. The van der Waals surface area contributed by atoms with Crippen LogP contribution < -0.4 is 10.6 Å². The fourth-order valence-electron chi connectivity index (χ4n) is 4.49. The van der Waals surface area contributed by atoms with E-state index in [-0.39, 0.29) is 6.42 Å². The van der Waals surface area contributed by atoms with Gasteiger partial charge in [0.25, 0.3) is 0 Å². The standard InChI is InChI=1S/C25H42N2O10/c1-12(2)31-20(29)14(27-19(28)13(3)26-22(30)37-23(4,5)6)11-15-16-17(34-24(7,8)33-16)18-21(32-15)36-25(9,10)35-18/h12-18,21H,11H2,1-10H3,(H,26,30)(H,27,28)/t13-,14?,15+,16-,17-,18+,21+/m0/s1. The van der Waals surface area contributed by atoms with Gasteiger partial charge in [-0.1, -0.05) is 0 Å². The molecule has 0 aromatic heterocycles. The molecule has 3 aliphatic rings. The highest BCUT2D eigenvalue weighted by Gasteiger charge is 2.61. The van der Waals surface area contributed by atoms with Crippen molar-refractivity contribution >= 4 is 18.0 Å². The van der Waals surface area contributed by atoms with E-state index in [2.05, 4.69) is 10.6 Å². The zero-order valence-electron chi connectivity index (χ0n) is 23.4. The van der Waals surface area contributed by atoms with Gasteiger partial charge in [0.05, 0.1) is 12.2 Å². The molecule has 0 aromatic rings. The summed E-state index contributed by atoms with van der Waals surface area (Å²) in [6, 6.07) is -2.08. The minimum Gasteiger partial charge on any atom is -0.461 e. The summed E-state index contributed by atoms with van der Waals surface area (Å²) in [5.74, 6) is -3.03. The molecule has 12 nitrogen and oxygen atoms in total. The fraction of sp³-hybridized carbons (Fsp3) is 0.880. The SMILES string of the molecule is CC(C)OC(=O)C(C[C@H]1O[C@@H]2OC(C)(C)O[C@@H]2[C@H]2OC(C)(C)O[C@H]21)NC(=O)[C@H](C)NC(=O)OC(C)(C)C. The lowest BCUT2D eigenvalue weighted by molar-refractivity contribution is -0.236. The summed E-state index contributed by atoms with van der Waals surface area (Å²) >= 11 is 0. The Morgan fingerprint density at radius 2 is 1.43 bits per heavy atom. The Hall–Kier alpha value is -1.99. The lowest BCUT2D eigenvalue weighted by Crippen LogP contribution is -2.58. The van der Waals surface area contributed by atoms with Crippen LogP contribution in [0.15, 0.2) is 0 Å². The molecule has 37 heavy (non-hydrogen) atoms. The highest BCUT2D eigenvalue weighted by molar-refractivity contribution is 5.89. The smallest absolute Gasteiger partial charge is 0.408 e. The Bertz CT molecular complexity index is 868. The van der Waals surface area contributed by atoms with Gasteiger partial charge in [-0.05, 0) is 69.2 Å². The first-order valence-electron chi connectivity index (χ1n) is 12.7. The lowest BCUT2D eigenvalue weighted by Gasteiger charge is -2.38. The normalized spacial score (nSPS) is 31.6. The Morgan fingerprint density at radius 3 is 2.03 bits per heavy atom. The first-order chi connectivity index (χ1) is 16.9. The predicted molar refractivity (Wildman–Crippen MR) is 129 cm³/mol. The van der Waals surface area contributed by atoms with Gasteiger partial charge in [0.15, 0.2) is 17.9 Å². The molecule has 3 aliphatic heterocycles. The van der Waals surface area contributed by atoms with Gasteiger partial charge < -0.3 is 43.8 Å². The van der Waals surface area contributed by atoms with Crippen LogP contribution in [0.25, 0.3) is 0 Å². The van der Waals surface area contributed by atoms with Crippen molar-refractivity contribution in [1.29, 1.82) is 0 Å².